The lowest BCUT2D eigenvalue weighted by atomic mass is 9.85. The molecule has 0 radical (unpaired) electrons. The average Bonchev–Trinajstić information content (AvgIpc) is 2.42. The fourth-order valence-electron chi connectivity index (χ4n) is 2.68. The minimum absolute atomic E-state index is 0.157. The number of hydrogen-bond donors (Lipinski definition) is 2. The molecule has 0 aliphatic carbocycles. The van der Waals surface area contributed by atoms with Gasteiger partial charge in [0.1, 0.15) is 0 Å². The second kappa shape index (κ2) is 5.23. The van der Waals surface area contributed by atoms with Gasteiger partial charge in [-0.1, -0.05) is 25.1 Å². The van der Waals surface area contributed by atoms with E-state index in [9.17, 15) is 8.42 Å². The summed E-state index contributed by atoms with van der Waals surface area (Å²) in [5, 5.41) is 3.54. The number of nitrogens with two attached hydrogens (primary N) is 1. The molecule has 1 aliphatic heterocycles. The monoisotopic (exact) mass is 282 g/mol. The van der Waals surface area contributed by atoms with Crippen molar-refractivity contribution in [1.82, 2.24) is 5.32 Å². The van der Waals surface area contributed by atoms with E-state index in [1.54, 1.807) is 12.1 Å². The van der Waals surface area contributed by atoms with Crippen LogP contribution in [0.15, 0.2) is 29.2 Å². The standard InChI is InChI=1S/C14H22N2O2S/c1-3-11(2)16-14(10-15)8-9-19(17,18)13-7-5-4-6-12(13)14/h4-7,11,16H,3,8-10,15H2,1-2H3. The van der Waals surface area contributed by atoms with E-state index in [0.29, 0.717) is 23.9 Å². The van der Waals surface area contributed by atoms with Crippen molar-refractivity contribution < 1.29 is 8.42 Å². The predicted molar refractivity (Wildman–Crippen MR) is 76.7 cm³/mol. The zero-order valence-electron chi connectivity index (χ0n) is 11.5. The van der Waals surface area contributed by atoms with Crippen LogP contribution < -0.4 is 11.1 Å². The van der Waals surface area contributed by atoms with Crippen LogP contribution in [0.3, 0.4) is 0 Å². The van der Waals surface area contributed by atoms with Crippen LogP contribution in [0.25, 0.3) is 0 Å². The van der Waals surface area contributed by atoms with Crippen LogP contribution in [0.2, 0.25) is 0 Å². The highest BCUT2D eigenvalue weighted by Crippen LogP contribution is 2.36. The summed E-state index contributed by atoms with van der Waals surface area (Å²) in [6, 6.07) is 7.52. The molecule has 0 bridgehead atoms. The maximum atomic E-state index is 12.2. The first-order valence-corrected chi connectivity index (χ1v) is 8.40. The van der Waals surface area contributed by atoms with E-state index in [-0.39, 0.29) is 5.75 Å². The summed E-state index contributed by atoms with van der Waals surface area (Å²) in [5.74, 6) is 0.157. The third kappa shape index (κ3) is 2.55. The van der Waals surface area contributed by atoms with Crippen molar-refractivity contribution in [2.24, 2.45) is 5.73 Å². The van der Waals surface area contributed by atoms with E-state index in [0.717, 1.165) is 12.0 Å². The topological polar surface area (TPSA) is 72.2 Å². The molecule has 0 amide bonds. The summed E-state index contributed by atoms with van der Waals surface area (Å²) in [6.45, 7) is 4.61. The molecule has 1 heterocycles. The number of sulfone groups is 1. The Kier molecular flexibility index (Phi) is 3.99. The Labute approximate surface area is 115 Å². The van der Waals surface area contributed by atoms with Crippen LogP contribution in [-0.4, -0.2) is 26.8 Å². The van der Waals surface area contributed by atoms with Gasteiger partial charge in [0.25, 0.3) is 0 Å². The van der Waals surface area contributed by atoms with Gasteiger partial charge in [0.15, 0.2) is 9.84 Å². The molecule has 2 rings (SSSR count). The molecule has 1 aromatic carbocycles. The molecule has 0 fully saturated rings. The van der Waals surface area contributed by atoms with Gasteiger partial charge < -0.3 is 11.1 Å². The maximum Gasteiger partial charge on any atom is 0.178 e. The van der Waals surface area contributed by atoms with E-state index in [1.165, 1.54) is 0 Å². The highest BCUT2D eigenvalue weighted by atomic mass is 32.2. The minimum atomic E-state index is -3.16. The molecule has 1 aromatic rings. The Balaban J connectivity index is 2.53. The van der Waals surface area contributed by atoms with Crippen LogP contribution in [0, 0.1) is 0 Å². The van der Waals surface area contributed by atoms with E-state index in [1.807, 2.05) is 12.1 Å². The van der Waals surface area contributed by atoms with Crippen molar-refractivity contribution in [2.45, 2.75) is 43.2 Å². The molecule has 106 valence electrons. The van der Waals surface area contributed by atoms with Crippen molar-refractivity contribution in [3.05, 3.63) is 29.8 Å². The van der Waals surface area contributed by atoms with Gasteiger partial charge in [-0.3, -0.25) is 0 Å². The van der Waals surface area contributed by atoms with Crippen molar-refractivity contribution in [2.75, 3.05) is 12.3 Å². The van der Waals surface area contributed by atoms with Gasteiger partial charge in [-0.2, -0.15) is 0 Å². The highest BCUT2D eigenvalue weighted by Gasteiger charge is 2.41. The molecular formula is C14H22N2O2S. The summed E-state index contributed by atoms with van der Waals surface area (Å²) < 4.78 is 24.3. The van der Waals surface area contributed by atoms with E-state index in [2.05, 4.69) is 19.2 Å². The van der Waals surface area contributed by atoms with E-state index < -0.39 is 15.4 Å². The van der Waals surface area contributed by atoms with Gasteiger partial charge >= 0.3 is 0 Å². The lowest BCUT2D eigenvalue weighted by Crippen LogP contribution is -2.55. The summed E-state index contributed by atoms with van der Waals surface area (Å²) >= 11 is 0. The smallest absolute Gasteiger partial charge is 0.178 e. The Morgan fingerprint density at radius 1 is 1.42 bits per heavy atom. The normalized spacial score (nSPS) is 26.7. The highest BCUT2D eigenvalue weighted by molar-refractivity contribution is 7.91. The maximum absolute atomic E-state index is 12.2. The van der Waals surface area contributed by atoms with Crippen molar-refractivity contribution in [3.8, 4) is 0 Å². The van der Waals surface area contributed by atoms with Gasteiger partial charge in [-0.15, -0.1) is 0 Å². The molecule has 2 atom stereocenters. The van der Waals surface area contributed by atoms with Crippen LogP contribution in [0.4, 0.5) is 0 Å². The van der Waals surface area contributed by atoms with Gasteiger partial charge in [-0.25, -0.2) is 8.42 Å². The molecular weight excluding hydrogens is 260 g/mol. The van der Waals surface area contributed by atoms with Crippen LogP contribution in [-0.2, 0) is 15.4 Å². The largest absolute Gasteiger partial charge is 0.328 e. The Morgan fingerprint density at radius 2 is 2.11 bits per heavy atom. The molecule has 19 heavy (non-hydrogen) atoms. The number of hydrogen-bond acceptors (Lipinski definition) is 4. The van der Waals surface area contributed by atoms with Crippen molar-refractivity contribution in [3.63, 3.8) is 0 Å². The van der Waals surface area contributed by atoms with Crippen LogP contribution in [0.5, 0.6) is 0 Å². The van der Waals surface area contributed by atoms with Gasteiger partial charge in [0.05, 0.1) is 16.2 Å². The number of fused-ring (bicyclic) bond motifs is 1. The summed E-state index contributed by atoms with van der Waals surface area (Å²) in [6.07, 6.45) is 1.52. The lowest BCUT2D eigenvalue weighted by Gasteiger charge is -2.40. The molecule has 3 N–H and O–H groups in total. The summed E-state index contributed by atoms with van der Waals surface area (Å²) in [4.78, 5) is 0.433. The third-order valence-electron chi connectivity index (χ3n) is 4.02. The van der Waals surface area contributed by atoms with Crippen molar-refractivity contribution in [1.29, 1.82) is 0 Å². The zero-order valence-corrected chi connectivity index (χ0v) is 12.3. The second-order valence-corrected chi connectivity index (χ2v) is 7.38. The average molecular weight is 282 g/mol. The fraction of sp³-hybridized carbons (Fsp3) is 0.571. The molecule has 0 aromatic heterocycles. The first kappa shape index (κ1) is 14.5. The fourth-order valence-corrected chi connectivity index (χ4v) is 4.40. The molecule has 0 saturated heterocycles. The molecule has 1 aliphatic rings. The van der Waals surface area contributed by atoms with Crippen molar-refractivity contribution >= 4 is 9.84 Å². The third-order valence-corrected chi connectivity index (χ3v) is 5.79. The summed E-state index contributed by atoms with van der Waals surface area (Å²) in [7, 11) is -3.16. The molecule has 0 saturated carbocycles. The molecule has 5 heteroatoms. The molecule has 0 spiro atoms. The minimum Gasteiger partial charge on any atom is -0.328 e. The van der Waals surface area contributed by atoms with E-state index >= 15 is 0 Å². The Hall–Kier alpha value is -0.910. The van der Waals surface area contributed by atoms with Crippen LogP contribution >= 0.6 is 0 Å². The zero-order chi connectivity index (χ0) is 14.1. The number of benzene rings is 1. The number of rotatable bonds is 4. The quantitative estimate of drug-likeness (QED) is 0.876. The SMILES string of the molecule is CCC(C)NC1(CN)CCS(=O)(=O)c2ccccc21. The molecule has 2 unspecified atom stereocenters. The Morgan fingerprint density at radius 3 is 2.74 bits per heavy atom. The number of nitrogens with one attached hydrogen (secondary N) is 1. The van der Waals surface area contributed by atoms with Gasteiger partial charge in [0.2, 0.25) is 0 Å². The second-order valence-electron chi connectivity index (χ2n) is 5.30. The summed E-state index contributed by atoms with van der Waals surface area (Å²) in [5.41, 5.74) is 6.39. The van der Waals surface area contributed by atoms with Gasteiger partial charge in [0, 0.05) is 12.6 Å². The Bertz CT molecular complexity index is 556. The molecule has 4 nitrogen and oxygen atoms in total. The van der Waals surface area contributed by atoms with Gasteiger partial charge in [-0.05, 0) is 31.4 Å². The lowest BCUT2D eigenvalue weighted by molar-refractivity contribution is 0.280. The van der Waals surface area contributed by atoms with Crippen LogP contribution in [0.1, 0.15) is 32.3 Å². The first-order chi connectivity index (χ1) is 8.95. The first-order valence-electron chi connectivity index (χ1n) is 6.75. The van der Waals surface area contributed by atoms with E-state index in [4.69, 9.17) is 5.73 Å². The predicted octanol–water partition coefficient (Wildman–Crippen LogP) is 1.41.